The molecular weight excluding hydrogens is 600 g/mol. The Hall–Kier alpha value is -4.54. The lowest BCUT2D eigenvalue weighted by molar-refractivity contribution is -0.143. The molecule has 1 aromatic carbocycles. The molecule has 2 heterocycles. The Morgan fingerprint density at radius 1 is 0.978 bits per heavy atom. The molecule has 3 rings (SSSR count). The fraction of sp³-hybridized carbons (Fsp3) is 0.533. The summed E-state index contributed by atoms with van der Waals surface area (Å²) in [6, 6.07) is 1.60. The number of para-hydroxylation sites is 1. The maximum absolute atomic E-state index is 14.1. The van der Waals surface area contributed by atoms with Crippen molar-refractivity contribution in [2.24, 2.45) is 11.5 Å². The van der Waals surface area contributed by atoms with Gasteiger partial charge in [0.15, 0.2) is 0 Å². The normalized spacial score (nSPS) is 17.0. The van der Waals surface area contributed by atoms with Crippen LogP contribution in [0.15, 0.2) is 30.5 Å². The number of carboxylic acid groups (broad SMARTS) is 1. The van der Waals surface area contributed by atoms with E-state index in [2.05, 4.69) is 26.3 Å². The maximum Gasteiger partial charge on any atom is 0.325 e. The van der Waals surface area contributed by atoms with Crippen molar-refractivity contribution in [3.63, 3.8) is 0 Å². The number of aliphatic hydroxyl groups is 1. The first-order chi connectivity index (χ1) is 22.0. The smallest absolute Gasteiger partial charge is 0.325 e. The molecule has 1 aliphatic heterocycles. The first-order valence-corrected chi connectivity index (χ1v) is 15.3. The van der Waals surface area contributed by atoms with E-state index in [1.165, 1.54) is 11.8 Å². The number of hydrogen-bond acceptors (Lipinski definition) is 9. The number of unbranched alkanes of at least 4 members (excludes halogenated alkanes) is 1. The Morgan fingerprint density at radius 3 is 2.37 bits per heavy atom. The summed E-state index contributed by atoms with van der Waals surface area (Å²) < 4.78 is 0. The minimum Gasteiger partial charge on any atom is -0.480 e. The largest absolute Gasteiger partial charge is 0.480 e. The number of benzene rings is 1. The van der Waals surface area contributed by atoms with Crippen LogP contribution in [0, 0.1) is 0 Å². The number of nitrogens with one attached hydrogen (secondary N) is 5. The number of hydrogen-bond donors (Lipinski definition) is 9. The van der Waals surface area contributed by atoms with E-state index in [1.807, 2.05) is 24.3 Å². The lowest BCUT2D eigenvalue weighted by atomic mass is 10.0. The molecule has 16 heteroatoms. The van der Waals surface area contributed by atoms with Crippen molar-refractivity contribution in [3.8, 4) is 0 Å². The number of rotatable bonds is 17. The van der Waals surface area contributed by atoms with E-state index in [4.69, 9.17) is 16.6 Å². The Bertz CT molecular complexity index is 1400. The highest BCUT2D eigenvalue weighted by atomic mass is 16.4. The molecule has 0 bridgehead atoms. The molecule has 2 aromatic rings. The molecule has 1 aromatic heterocycles. The molecule has 5 unspecified atom stereocenters. The molecule has 0 aliphatic carbocycles. The van der Waals surface area contributed by atoms with Crippen molar-refractivity contribution in [2.75, 3.05) is 26.2 Å². The first-order valence-electron chi connectivity index (χ1n) is 15.3. The Morgan fingerprint density at radius 2 is 1.70 bits per heavy atom. The molecule has 1 aliphatic rings. The summed E-state index contributed by atoms with van der Waals surface area (Å²) in [4.78, 5) is 81.2. The predicted molar refractivity (Wildman–Crippen MR) is 167 cm³/mol. The fourth-order valence-corrected chi connectivity index (χ4v) is 5.35. The SMILES string of the molecule is CC(NC(=O)C(CO)NC(=O)C1CCCN1C(=O)C(Cc1c[nH]c2ccccc12)NC(=O)C(CCCCN)NC(=O)CN)C(=O)O. The van der Waals surface area contributed by atoms with Crippen LogP contribution >= 0.6 is 0 Å². The van der Waals surface area contributed by atoms with E-state index in [0.717, 1.165) is 16.5 Å². The lowest BCUT2D eigenvalue weighted by Crippen LogP contribution is -2.59. The molecule has 16 nitrogen and oxygen atoms in total. The Kier molecular flexibility index (Phi) is 13.5. The summed E-state index contributed by atoms with van der Waals surface area (Å²) in [6.45, 7) is 0.693. The van der Waals surface area contributed by atoms with Gasteiger partial charge in [-0.05, 0) is 57.2 Å². The van der Waals surface area contributed by atoms with Crippen molar-refractivity contribution in [1.29, 1.82) is 0 Å². The van der Waals surface area contributed by atoms with Crippen LogP contribution < -0.4 is 32.7 Å². The molecule has 0 radical (unpaired) electrons. The molecule has 1 saturated heterocycles. The molecule has 252 valence electrons. The standard InChI is InChI=1S/C30H44N8O8/c1-17(30(45)46)34-27(42)23(16-39)37-28(43)24-10-6-12-38(24)29(44)22(13-18-15-33-20-8-3-2-7-19(18)20)36-26(41)21(9-4-5-11-31)35-25(40)14-32/h2-3,7-8,15,17,21-24,33,39H,4-6,9-14,16,31-32H2,1H3,(H,34,42)(H,35,40)(H,36,41)(H,37,43)(H,45,46). The number of aromatic amines is 1. The number of likely N-dealkylation sites (tertiary alicyclic amines) is 1. The van der Waals surface area contributed by atoms with Gasteiger partial charge in [0.25, 0.3) is 0 Å². The van der Waals surface area contributed by atoms with Crippen LogP contribution in [-0.2, 0) is 35.2 Å². The second-order valence-electron chi connectivity index (χ2n) is 11.2. The van der Waals surface area contributed by atoms with E-state index in [1.54, 1.807) is 6.20 Å². The number of carbonyl (C=O) groups excluding carboxylic acids is 5. The monoisotopic (exact) mass is 644 g/mol. The third-order valence-corrected chi connectivity index (χ3v) is 7.88. The summed E-state index contributed by atoms with van der Waals surface area (Å²) in [5, 5.41) is 29.7. The average Bonchev–Trinajstić information content (AvgIpc) is 3.70. The molecule has 46 heavy (non-hydrogen) atoms. The summed E-state index contributed by atoms with van der Waals surface area (Å²) in [5.41, 5.74) is 12.6. The molecule has 0 saturated carbocycles. The van der Waals surface area contributed by atoms with Gasteiger partial charge in [0.1, 0.15) is 30.2 Å². The van der Waals surface area contributed by atoms with E-state index in [9.17, 15) is 33.9 Å². The second-order valence-corrected chi connectivity index (χ2v) is 11.2. The maximum atomic E-state index is 14.1. The average molecular weight is 645 g/mol. The Balaban J connectivity index is 1.85. The van der Waals surface area contributed by atoms with Gasteiger partial charge < -0.3 is 52.8 Å². The van der Waals surface area contributed by atoms with E-state index in [0.29, 0.717) is 25.8 Å². The van der Waals surface area contributed by atoms with Gasteiger partial charge in [-0.1, -0.05) is 18.2 Å². The summed E-state index contributed by atoms with van der Waals surface area (Å²) in [7, 11) is 0. The molecule has 1 fully saturated rings. The quantitative estimate of drug-likeness (QED) is 0.0841. The number of amides is 5. The van der Waals surface area contributed by atoms with Gasteiger partial charge >= 0.3 is 5.97 Å². The highest BCUT2D eigenvalue weighted by molar-refractivity contribution is 5.97. The van der Waals surface area contributed by atoms with E-state index < -0.39 is 72.3 Å². The summed E-state index contributed by atoms with van der Waals surface area (Å²) in [6.07, 6.45) is 3.94. The van der Waals surface area contributed by atoms with Crippen molar-refractivity contribution < 1.29 is 39.0 Å². The second kappa shape index (κ2) is 17.2. The van der Waals surface area contributed by atoms with Crippen LogP contribution in [0.1, 0.15) is 44.6 Å². The van der Waals surface area contributed by atoms with Crippen LogP contribution in [0.25, 0.3) is 10.9 Å². The third kappa shape index (κ3) is 9.48. The van der Waals surface area contributed by atoms with Gasteiger partial charge in [0, 0.05) is 30.1 Å². The van der Waals surface area contributed by atoms with Gasteiger partial charge in [-0.3, -0.25) is 28.8 Å². The zero-order chi connectivity index (χ0) is 33.8. The van der Waals surface area contributed by atoms with Gasteiger partial charge in [-0.25, -0.2) is 0 Å². The number of aromatic nitrogens is 1. The zero-order valence-electron chi connectivity index (χ0n) is 25.8. The number of carboxylic acids is 1. The van der Waals surface area contributed by atoms with Gasteiger partial charge in [0.2, 0.25) is 29.5 Å². The van der Waals surface area contributed by atoms with Gasteiger partial charge in [-0.2, -0.15) is 0 Å². The Labute approximate surface area is 266 Å². The lowest BCUT2D eigenvalue weighted by Gasteiger charge is -2.30. The van der Waals surface area contributed by atoms with Crippen LogP contribution in [0.4, 0.5) is 0 Å². The number of carbonyl (C=O) groups is 6. The fourth-order valence-electron chi connectivity index (χ4n) is 5.35. The highest BCUT2D eigenvalue weighted by Gasteiger charge is 2.39. The topological polar surface area (TPSA) is 262 Å². The number of aliphatic hydroxyl groups excluding tert-OH is 1. The molecule has 11 N–H and O–H groups in total. The number of nitrogens with zero attached hydrogens (tertiary/aromatic N) is 1. The minimum atomic E-state index is -1.45. The number of aliphatic carboxylic acids is 1. The van der Waals surface area contributed by atoms with Gasteiger partial charge in [0.05, 0.1) is 13.2 Å². The molecular formula is C30H44N8O8. The van der Waals surface area contributed by atoms with Crippen LogP contribution in [0.3, 0.4) is 0 Å². The predicted octanol–water partition coefficient (Wildman–Crippen LogP) is -2.17. The van der Waals surface area contributed by atoms with Crippen LogP contribution in [-0.4, -0.2) is 112 Å². The molecule has 5 amide bonds. The van der Waals surface area contributed by atoms with Crippen molar-refractivity contribution >= 4 is 46.4 Å². The zero-order valence-corrected chi connectivity index (χ0v) is 25.8. The third-order valence-electron chi connectivity index (χ3n) is 7.88. The highest BCUT2D eigenvalue weighted by Crippen LogP contribution is 2.23. The molecule has 5 atom stereocenters. The van der Waals surface area contributed by atoms with Crippen LogP contribution in [0.2, 0.25) is 0 Å². The van der Waals surface area contributed by atoms with Gasteiger partial charge in [-0.15, -0.1) is 0 Å². The summed E-state index contributed by atoms with van der Waals surface area (Å²) >= 11 is 0. The van der Waals surface area contributed by atoms with E-state index in [-0.39, 0.29) is 32.4 Å². The molecule has 0 spiro atoms. The number of nitrogens with two attached hydrogens (primary N) is 2. The van der Waals surface area contributed by atoms with Crippen molar-refractivity contribution in [3.05, 3.63) is 36.0 Å². The number of fused-ring (bicyclic) bond motifs is 1. The van der Waals surface area contributed by atoms with Crippen molar-refractivity contribution in [2.45, 2.75) is 75.7 Å². The summed E-state index contributed by atoms with van der Waals surface area (Å²) in [5.74, 6) is -4.59. The first kappa shape index (κ1) is 35.9. The minimum absolute atomic E-state index is 0.0640. The van der Waals surface area contributed by atoms with Crippen molar-refractivity contribution in [1.82, 2.24) is 31.2 Å². The van der Waals surface area contributed by atoms with Crippen LogP contribution in [0.5, 0.6) is 0 Å². The number of H-pyrrole nitrogens is 1. The van der Waals surface area contributed by atoms with E-state index >= 15 is 0 Å².